The van der Waals surface area contributed by atoms with Gasteiger partial charge in [0.1, 0.15) is 22.0 Å². The van der Waals surface area contributed by atoms with Crippen LogP contribution >= 0.6 is 11.6 Å². The lowest BCUT2D eigenvalue weighted by atomic mass is 9.77. The van der Waals surface area contributed by atoms with Crippen LogP contribution in [-0.2, 0) is 31.4 Å². The molecule has 6 rings (SSSR count). The number of benzene rings is 2. The van der Waals surface area contributed by atoms with Crippen molar-refractivity contribution in [1.29, 1.82) is 0 Å². The topological polar surface area (TPSA) is 145 Å². The van der Waals surface area contributed by atoms with Crippen LogP contribution in [0.2, 0.25) is 5.02 Å². The summed E-state index contributed by atoms with van der Waals surface area (Å²) in [6, 6.07) is 7.78. The van der Waals surface area contributed by atoms with Crippen LogP contribution in [-0.4, -0.2) is 50.9 Å². The quantitative estimate of drug-likeness (QED) is 0.479. The number of hydrogen-bond acceptors (Lipinski definition) is 7. The minimum absolute atomic E-state index is 0.0324. The van der Waals surface area contributed by atoms with Gasteiger partial charge in [0.05, 0.1) is 17.0 Å². The summed E-state index contributed by atoms with van der Waals surface area (Å²) in [6.07, 6.45) is 3.56. The second-order valence-corrected chi connectivity index (χ2v) is 14.1. The molecule has 2 saturated carbocycles. The van der Waals surface area contributed by atoms with Crippen molar-refractivity contribution < 1.29 is 31.1 Å². The molecular formula is C25H24ClFN4O6S2. The number of nitrogens with one attached hydrogen (secondary N) is 2. The van der Waals surface area contributed by atoms with Gasteiger partial charge in [-0.2, -0.15) is 8.42 Å². The number of nitrogens with zero attached hydrogens (tertiary/aromatic N) is 2. The first-order chi connectivity index (χ1) is 18.3. The predicted octanol–water partition coefficient (Wildman–Crippen LogP) is 3.63. The molecule has 2 aromatic carbocycles. The molecule has 0 radical (unpaired) electrons. The molecule has 14 heteroatoms. The zero-order valence-electron chi connectivity index (χ0n) is 20.6. The highest BCUT2D eigenvalue weighted by Crippen LogP contribution is 2.55. The van der Waals surface area contributed by atoms with Gasteiger partial charge in [-0.25, -0.2) is 12.8 Å². The number of fused-ring (bicyclic) bond motifs is 6. The molecule has 39 heavy (non-hydrogen) atoms. The molecule has 2 fully saturated rings. The summed E-state index contributed by atoms with van der Waals surface area (Å²) >= 11 is 5.98. The average molecular weight is 595 g/mol. The third kappa shape index (κ3) is 4.45. The Morgan fingerprint density at radius 2 is 1.95 bits per heavy atom. The highest BCUT2D eigenvalue weighted by Gasteiger charge is 2.57. The Balaban J connectivity index is 1.41. The first-order valence-corrected chi connectivity index (χ1v) is 16.0. The van der Waals surface area contributed by atoms with E-state index in [9.17, 15) is 31.1 Å². The van der Waals surface area contributed by atoms with E-state index in [4.69, 9.17) is 11.6 Å². The number of amides is 1. The summed E-state index contributed by atoms with van der Waals surface area (Å²) in [4.78, 5) is 15.3. The maximum Gasteiger partial charge on any atom is 0.286 e. The number of halogens is 2. The second-order valence-electron chi connectivity index (χ2n) is 10.4. The highest BCUT2D eigenvalue weighted by molar-refractivity contribution is 7.92. The molecule has 0 saturated heterocycles. The minimum atomic E-state index is -4.37. The highest BCUT2D eigenvalue weighted by atomic mass is 35.5. The van der Waals surface area contributed by atoms with Gasteiger partial charge in [0.25, 0.3) is 15.9 Å². The molecule has 2 bridgehead atoms. The zero-order valence-corrected chi connectivity index (χ0v) is 22.9. The largest absolute Gasteiger partial charge is 0.511 e. The molecule has 2 aliphatic heterocycles. The lowest BCUT2D eigenvalue weighted by molar-refractivity contribution is -0.134. The van der Waals surface area contributed by atoms with Crippen LogP contribution in [0.5, 0.6) is 0 Å². The SMILES string of the molecule is CS(=O)(=O)Nc1ccc2c(c1)S(=O)(=O)N=C(C1=C(O)[C@@H]3[C@H]4CC[C@H](C4)[C@@H]3N(Cc3ccc(F)c(Cl)c3)C1=O)N2. The number of carbonyl (C=O) groups is 1. The summed E-state index contributed by atoms with van der Waals surface area (Å²) < 4.78 is 69.4. The van der Waals surface area contributed by atoms with Crippen LogP contribution in [0.1, 0.15) is 24.8 Å². The minimum Gasteiger partial charge on any atom is -0.511 e. The van der Waals surface area contributed by atoms with E-state index in [2.05, 4.69) is 14.4 Å². The van der Waals surface area contributed by atoms with Crippen LogP contribution in [0.25, 0.3) is 0 Å². The summed E-state index contributed by atoms with van der Waals surface area (Å²) in [6.45, 7) is 0.0944. The van der Waals surface area contributed by atoms with Crippen molar-refractivity contribution in [1.82, 2.24) is 4.90 Å². The lowest BCUT2D eigenvalue weighted by Crippen LogP contribution is -2.53. The smallest absolute Gasteiger partial charge is 0.286 e. The number of hydrogen-bond donors (Lipinski definition) is 3. The lowest BCUT2D eigenvalue weighted by Gasteiger charge is -2.44. The van der Waals surface area contributed by atoms with Gasteiger partial charge in [-0.3, -0.25) is 9.52 Å². The van der Waals surface area contributed by atoms with Gasteiger partial charge < -0.3 is 15.3 Å². The number of anilines is 2. The van der Waals surface area contributed by atoms with Gasteiger partial charge in [0, 0.05) is 24.2 Å². The number of rotatable bonds is 5. The van der Waals surface area contributed by atoms with Crippen molar-refractivity contribution in [3.05, 3.63) is 64.1 Å². The fourth-order valence-corrected chi connectivity index (χ4v) is 8.34. The normalized spacial score (nSPS) is 27.1. The molecule has 4 atom stereocenters. The van der Waals surface area contributed by atoms with Gasteiger partial charge in [0.15, 0.2) is 5.84 Å². The third-order valence-corrected chi connectivity index (χ3v) is 10.1. The summed E-state index contributed by atoms with van der Waals surface area (Å²) in [7, 11) is -8.02. The number of amidine groups is 1. The molecule has 0 spiro atoms. The average Bonchev–Trinajstić information content (AvgIpc) is 3.46. The van der Waals surface area contributed by atoms with Gasteiger partial charge in [-0.15, -0.1) is 4.40 Å². The Morgan fingerprint density at radius 3 is 2.67 bits per heavy atom. The third-order valence-electron chi connectivity index (χ3n) is 7.88. The van der Waals surface area contributed by atoms with Crippen LogP contribution in [0.4, 0.5) is 15.8 Å². The van der Waals surface area contributed by atoms with Gasteiger partial charge in [-0.1, -0.05) is 17.7 Å². The number of aliphatic hydroxyl groups excluding tert-OH is 1. The van der Waals surface area contributed by atoms with E-state index in [1.807, 2.05) is 0 Å². The number of sulfonamides is 2. The maximum absolute atomic E-state index is 14.0. The molecule has 2 aromatic rings. The van der Waals surface area contributed by atoms with E-state index in [1.165, 1.54) is 30.3 Å². The number of aliphatic hydroxyl groups is 1. The molecule has 10 nitrogen and oxygen atoms in total. The van der Waals surface area contributed by atoms with Crippen molar-refractivity contribution >= 4 is 54.8 Å². The van der Waals surface area contributed by atoms with E-state index < -0.39 is 31.8 Å². The molecular weight excluding hydrogens is 571 g/mol. The monoisotopic (exact) mass is 594 g/mol. The van der Waals surface area contributed by atoms with E-state index in [0.29, 0.717) is 5.56 Å². The molecule has 2 aliphatic carbocycles. The first kappa shape index (κ1) is 26.1. The van der Waals surface area contributed by atoms with E-state index in [1.54, 1.807) is 4.90 Å². The first-order valence-electron chi connectivity index (χ1n) is 12.2. The molecule has 206 valence electrons. The van der Waals surface area contributed by atoms with Crippen molar-refractivity contribution in [3.8, 4) is 0 Å². The summed E-state index contributed by atoms with van der Waals surface area (Å²) in [5, 5.41) is 14.2. The molecule has 2 heterocycles. The van der Waals surface area contributed by atoms with Crippen molar-refractivity contribution in [2.75, 3.05) is 16.3 Å². The molecule has 0 unspecified atom stereocenters. The van der Waals surface area contributed by atoms with Gasteiger partial charge >= 0.3 is 0 Å². The van der Waals surface area contributed by atoms with Crippen LogP contribution in [0.3, 0.4) is 0 Å². The van der Waals surface area contributed by atoms with Crippen molar-refractivity contribution in [2.24, 2.45) is 22.2 Å². The van der Waals surface area contributed by atoms with E-state index in [0.717, 1.165) is 31.6 Å². The van der Waals surface area contributed by atoms with Crippen LogP contribution < -0.4 is 10.0 Å². The van der Waals surface area contributed by atoms with Crippen LogP contribution in [0.15, 0.2) is 57.0 Å². The second kappa shape index (κ2) is 8.93. The molecule has 4 aliphatic rings. The predicted molar refractivity (Wildman–Crippen MR) is 143 cm³/mol. The molecule has 3 N–H and O–H groups in total. The molecule has 1 amide bonds. The molecule has 0 aromatic heterocycles. The fraction of sp³-hybridized carbons (Fsp3) is 0.360. The van der Waals surface area contributed by atoms with Gasteiger partial charge in [-0.05, 0) is 67.0 Å². The zero-order chi connectivity index (χ0) is 27.9. The van der Waals surface area contributed by atoms with Crippen molar-refractivity contribution in [3.63, 3.8) is 0 Å². The maximum atomic E-state index is 14.0. The Hall–Kier alpha value is -3.16. The summed E-state index contributed by atoms with van der Waals surface area (Å²) in [5.74, 6) is -1.76. The Bertz CT molecular complexity index is 1710. The standard InChI is InChI=1S/C25H24ClFN4O6S2/c1-38(34,35)29-15-5-7-18-19(10-15)39(36,37)30-24(28-18)21-23(32)20-13-3-4-14(9-13)22(20)31(25(21)33)11-12-2-6-17(27)16(26)8-12/h2,5-8,10,13-14,20,22,29,32H,3-4,9,11H2,1H3,(H,28,30)/t13-,14+,20+,22-/m0/s1. The van der Waals surface area contributed by atoms with Gasteiger partial charge in [0.2, 0.25) is 10.0 Å². The number of carbonyl (C=O) groups excluding carboxylic acids is 1. The van der Waals surface area contributed by atoms with Crippen molar-refractivity contribution in [2.45, 2.75) is 36.7 Å². The Kier molecular flexibility index (Phi) is 5.97. The van der Waals surface area contributed by atoms with E-state index >= 15 is 0 Å². The Labute approximate surface area is 229 Å². The van der Waals surface area contributed by atoms with E-state index in [-0.39, 0.29) is 68.8 Å². The summed E-state index contributed by atoms with van der Waals surface area (Å²) in [5.41, 5.74) is 0.480. The van der Waals surface area contributed by atoms with Crippen LogP contribution in [0, 0.1) is 23.6 Å². The fourth-order valence-electron chi connectivity index (χ4n) is 6.43. The Morgan fingerprint density at radius 1 is 1.21 bits per heavy atom.